The number of halogens is 2. The molecule has 1 unspecified atom stereocenters. The minimum Gasteiger partial charge on any atom is -0.497 e. The molecule has 2 heterocycles. The first kappa shape index (κ1) is 27.3. The van der Waals surface area contributed by atoms with Crippen LogP contribution in [-0.2, 0) is 11.2 Å². The molecule has 198 valence electrons. The van der Waals surface area contributed by atoms with Crippen LogP contribution in [0.15, 0.2) is 53.6 Å². The maximum absolute atomic E-state index is 13.5. The summed E-state index contributed by atoms with van der Waals surface area (Å²) in [5.74, 6) is -0.654. The quantitative estimate of drug-likeness (QED) is 0.289. The zero-order valence-corrected chi connectivity index (χ0v) is 22.1. The standard InChI is InChI=1S/C29H34F2N2O3S/c1-19(37-26-14-23(30)13-24(31)15-26)17-33-11-9-20(22(18-33)12-29(34)35)4-3-5-21-8-10-32-28-7-6-25(36-2)16-27(21)28/h6-8,10,13-16,19-20,22H,3-5,9,11-12,17-18H2,1-2H3,(H,34,35)/t19?,20-,22+/m1/s1. The molecule has 1 aliphatic rings. The van der Waals surface area contributed by atoms with Gasteiger partial charge in [0.2, 0.25) is 0 Å². The highest BCUT2D eigenvalue weighted by atomic mass is 32.2. The average Bonchev–Trinajstić information content (AvgIpc) is 2.84. The summed E-state index contributed by atoms with van der Waals surface area (Å²) in [5, 5.41) is 10.8. The molecule has 3 aromatic rings. The highest BCUT2D eigenvalue weighted by molar-refractivity contribution is 8.00. The van der Waals surface area contributed by atoms with E-state index in [1.807, 2.05) is 31.3 Å². The zero-order valence-electron chi connectivity index (χ0n) is 21.3. The number of aromatic nitrogens is 1. The minimum absolute atomic E-state index is 0.0874. The van der Waals surface area contributed by atoms with Crippen LogP contribution in [0.3, 0.4) is 0 Å². The third-order valence-electron chi connectivity index (χ3n) is 7.16. The lowest BCUT2D eigenvalue weighted by Gasteiger charge is -2.39. The molecule has 3 atom stereocenters. The van der Waals surface area contributed by atoms with E-state index >= 15 is 0 Å². The lowest BCUT2D eigenvalue weighted by atomic mass is 9.80. The molecule has 0 radical (unpaired) electrons. The fraction of sp³-hybridized carbons (Fsp3) is 0.448. The van der Waals surface area contributed by atoms with Crippen molar-refractivity contribution in [3.63, 3.8) is 0 Å². The smallest absolute Gasteiger partial charge is 0.303 e. The van der Waals surface area contributed by atoms with E-state index in [9.17, 15) is 18.7 Å². The Kier molecular flexibility index (Phi) is 9.38. The molecule has 1 aromatic heterocycles. The van der Waals surface area contributed by atoms with E-state index < -0.39 is 17.6 Å². The number of likely N-dealkylation sites (tertiary alicyclic amines) is 1. The van der Waals surface area contributed by atoms with E-state index in [2.05, 4.69) is 16.0 Å². The average molecular weight is 529 g/mol. The Morgan fingerprint density at radius 1 is 1.19 bits per heavy atom. The molecule has 1 aliphatic heterocycles. The number of ether oxygens (including phenoxy) is 1. The van der Waals surface area contributed by atoms with Gasteiger partial charge in [-0.05, 0) is 86.0 Å². The van der Waals surface area contributed by atoms with Gasteiger partial charge in [-0.25, -0.2) is 8.78 Å². The lowest BCUT2D eigenvalue weighted by Crippen LogP contribution is -2.43. The lowest BCUT2D eigenvalue weighted by molar-refractivity contribution is -0.139. The Labute approximate surface area is 221 Å². The molecule has 0 amide bonds. The normalized spacial score (nSPS) is 19.1. The summed E-state index contributed by atoms with van der Waals surface area (Å²) in [4.78, 5) is 19.0. The number of benzene rings is 2. The molecule has 37 heavy (non-hydrogen) atoms. The van der Waals surface area contributed by atoms with Gasteiger partial charge in [0.25, 0.3) is 0 Å². The molecule has 0 saturated carbocycles. The highest BCUT2D eigenvalue weighted by Gasteiger charge is 2.31. The van der Waals surface area contributed by atoms with Crippen molar-refractivity contribution in [2.24, 2.45) is 11.8 Å². The SMILES string of the molecule is COc1ccc2nccc(CCC[C@@H]3CCN(CC(C)Sc4cc(F)cc(F)c4)C[C@@H]3CC(=O)O)c2c1. The number of carboxylic acid groups (broad SMARTS) is 1. The number of hydrogen-bond donors (Lipinski definition) is 1. The molecule has 8 heteroatoms. The number of aliphatic carboxylic acids is 1. The molecule has 1 saturated heterocycles. The molecule has 0 spiro atoms. The van der Waals surface area contributed by atoms with Crippen LogP contribution >= 0.6 is 11.8 Å². The van der Waals surface area contributed by atoms with Gasteiger partial charge in [-0.15, -0.1) is 11.8 Å². The second-order valence-electron chi connectivity index (χ2n) is 9.95. The zero-order chi connectivity index (χ0) is 26.4. The van der Waals surface area contributed by atoms with Gasteiger partial charge in [0, 0.05) is 47.3 Å². The minimum atomic E-state index is -0.762. The molecule has 0 aliphatic carbocycles. The van der Waals surface area contributed by atoms with Gasteiger partial charge in [0.05, 0.1) is 12.6 Å². The monoisotopic (exact) mass is 528 g/mol. The first-order valence-corrected chi connectivity index (χ1v) is 13.7. The van der Waals surface area contributed by atoms with Crippen LogP contribution in [0.25, 0.3) is 10.9 Å². The van der Waals surface area contributed by atoms with Crippen LogP contribution in [0, 0.1) is 23.5 Å². The first-order chi connectivity index (χ1) is 17.8. The second-order valence-corrected chi connectivity index (χ2v) is 11.5. The van der Waals surface area contributed by atoms with Crippen molar-refractivity contribution in [1.29, 1.82) is 0 Å². The van der Waals surface area contributed by atoms with Gasteiger partial charge in [-0.1, -0.05) is 6.92 Å². The Morgan fingerprint density at radius 2 is 1.97 bits per heavy atom. The van der Waals surface area contributed by atoms with Crippen LogP contribution < -0.4 is 4.74 Å². The van der Waals surface area contributed by atoms with E-state index in [4.69, 9.17) is 4.74 Å². The summed E-state index contributed by atoms with van der Waals surface area (Å²) in [6, 6.07) is 11.6. The molecule has 2 aromatic carbocycles. The number of aryl methyl sites for hydroxylation is 1. The summed E-state index contributed by atoms with van der Waals surface area (Å²) >= 11 is 1.44. The molecule has 5 nitrogen and oxygen atoms in total. The van der Waals surface area contributed by atoms with E-state index in [1.54, 1.807) is 7.11 Å². The van der Waals surface area contributed by atoms with Gasteiger partial charge in [-0.2, -0.15) is 0 Å². The van der Waals surface area contributed by atoms with E-state index in [0.29, 0.717) is 10.8 Å². The van der Waals surface area contributed by atoms with Crippen LogP contribution in [-0.4, -0.2) is 53.0 Å². The Hall–Kier alpha value is -2.71. The van der Waals surface area contributed by atoms with Crippen molar-refractivity contribution in [2.75, 3.05) is 26.7 Å². The van der Waals surface area contributed by atoms with Crippen molar-refractivity contribution in [3.05, 3.63) is 65.9 Å². The largest absolute Gasteiger partial charge is 0.497 e. The number of carboxylic acids is 1. The summed E-state index contributed by atoms with van der Waals surface area (Å²) < 4.78 is 32.5. The maximum Gasteiger partial charge on any atom is 0.303 e. The molecule has 1 fully saturated rings. The van der Waals surface area contributed by atoms with Gasteiger partial charge in [-0.3, -0.25) is 9.78 Å². The first-order valence-electron chi connectivity index (χ1n) is 12.8. The predicted molar refractivity (Wildman–Crippen MR) is 143 cm³/mol. The number of methoxy groups -OCH3 is 1. The van der Waals surface area contributed by atoms with Gasteiger partial charge in [0.15, 0.2) is 0 Å². The number of rotatable bonds is 11. The van der Waals surface area contributed by atoms with Crippen LogP contribution in [0.2, 0.25) is 0 Å². The van der Waals surface area contributed by atoms with Crippen molar-refractivity contribution in [1.82, 2.24) is 9.88 Å². The van der Waals surface area contributed by atoms with Gasteiger partial charge >= 0.3 is 5.97 Å². The third kappa shape index (κ3) is 7.65. The number of hydrogen-bond acceptors (Lipinski definition) is 5. The highest BCUT2D eigenvalue weighted by Crippen LogP contribution is 2.33. The van der Waals surface area contributed by atoms with Gasteiger partial charge in [0.1, 0.15) is 17.4 Å². The topological polar surface area (TPSA) is 62.7 Å². The Bertz CT molecular complexity index is 1200. The summed E-state index contributed by atoms with van der Waals surface area (Å²) in [6.07, 6.45) is 5.82. The molecule has 0 bridgehead atoms. The van der Waals surface area contributed by atoms with Crippen molar-refractivity contribution in [3.8, 4) is 5.75 Å². The number of thioether (sulfide) groups is 1. The van der Waals surface area contributed by atoms with Crippen LogP contribution in [0.4, 0.5) is 8.78 Å². The number of nitrogens with zero attached hydrogens (tertiary/aromatic N) is 2. The van der Waals surface area contributed by atoms with Crippen LogP contribution in [0.5, 0.6) is 5.75 Å². The molecular formula is C29H34F2N2O3S. The van der Waals surface area contributed by atoms with Crippen molar-refractivity contribution < 1.29 is 23.4 Å². The van der Waals surface area contributed by atoms with Crippen molar-refractivity contribution in [2.45, 2.75) is 49.2 Å². The summed E-state index contributed by atoms with van der Waals surface area (Å²) in [7, 11) is 1.66. The Morgan fingerprint density at radius 3 is 2.70 bits per heavy atom. The molecule has 1 N–H and O–H groups in total. The Balaban J connectivity index is 1.33. The van der Waals surface area contributed by atoms with Crippen molar-refractivity contribution >= 4 is 28.6 Å². The summed E-state index contributed by atoms with van der Waals surface area (Å²) in [6.45, 7) is 4.42. The predicted octanol–water partition coefficient (Wildman–Crippen LogP) is 6.44. The number of piperidine rings is 1. The third-order valence-corrected chi connectivity index (χ3v) is 8.22. The second kappa shape index (κ2) is 12.7. The number of fused-ring (bicyclic) bond motifs is 1. The fourth-order valence-electron chi connectivity index (χ4n) is 5.47. The van der Waals surface area contributed by atoms with E-state index in [0.717, 1.165) is 68.0 Å². The number of pyridine rings is 1. The fourth-order valence-corrected chi connectivity index (χ4v) is 6.58. The van der Waals surface area contributed by atoms with E-state index in [1.165, 1.54) is 29.5 Å². The number of carbonyl (C=O) groups is 1. The molecular weight excluding hydrogens is 494 g/mol. The van der Waals surface area contributed by atoms with E-state index in [-0.39, 0.29) is 17.6 Å². The van der Waals surface area contributed by atoms with Crippen LogP contribution in [0.1, 0.15) is 38.2 Å². The van der Waals surface area contributed by atoms with Gasteiger partial charge < -0.3 is 14.7 Å². The molecule has 4 rings (SSSR count). The maximum atomic E-state index is 13.5. The summed E-state index contributed by atoms with van der Waals surface area (Å²) in [5.41, 5.74) is 2.18.